The highest BCUT2D eigenvalue weighted by Gasteiger charge is 2.61. The van der Waals surface area contributed by atoms with Gasteiger partial charge < -0.3 is 15.1 Å². The standard InChI is InChI=1S/C27H41N3O3/c1-26-13-11-20-18(7-10-22-27(20,2)14-12-23(31)29(22)3)19(26)8-9-21(26)25(33)28-15-5-17-30-16-4-6-24(30)32/h12,14,18-22H,4-11,13,15-17H2,1-3H3,(H,28,33)/t18-,19-,20-,21+,22+,26-,27+/m0/s1. The van der Waals surface area contributed by atoms with E-state index in [2.05, 4.69) is 25.2 Å². The lowest BCUT2D eigenvalue weighted by Gasteiger charge is -2.60. The Balaban J connectivity index is 1.22. The third-order valence-electron chi connectivity index (χ3n) is 10.5. The molecule has 2 aliphatic heterocycles. The van der Waals surface area contributed by atoms with E-state index >= 15 is 0 Å². The molecule has 0 unspecified atom stereocenters. The summed E-state index contributed by atoms with van der Waals surface area (Å²) in [4.78, 5) is 41.2. The molecule has 0 radical (unpaired) electrons. The zero-order valence-electron chi connectivity index (χ0n) is 20.6. The molecule has 0 aromatic heterocycles. The van der Waals surface area contributed by atoms with E-state index in [-0.39, 0.29) is 34.5 Å². The van der Waals surface area contributed by atoms with Crippen LogP contribution in [0.15, 0.2) is 12.2 Å². The van der Waals surface area contributed by atoms with Gasteiger partial charge >= 0.3 is 0 Å². The Labute approximate surface area is 198 Å². The molecule has 7 atom stereocenters. The van der Waals surface area contributed by atoms with Crippen LogP contribution in [0, 0.1) is 34.5 Å². The van der Waals surface area contributed by atoms with Crippen molar-refractivity contribution in [1.29, 1.82) is 0 Å². The van der Waals surface area contributed by atoms with Crippen LogP contribution in [-0.2, 0) is 14.4 Å². The van der Waals surface area contributed by atoms with Gasteiger partial charge in [0, 0.05) is 50.5 Å². The molecule has 6 nitrogen and oxygen atoms in total. The summed E-state index contributed by atoms with van der Waals surface area (Å²) < 4.78 is 0. The van der Waals surface area contributed by atoms with Gasteiger partial charge in [-0.1, -0.05) is 19.9 Å². The normalized spacial score (nSPS) is 42.2. The zero-order chi connectivity index (χ0) is 23.4. The Morgan fingerprint density at radius 2 is 1.94 bits per heavy atom. The first kappa shape index (κ1) is 22.9. The summed E-state index contributed by atoms with van der Waals surface area (Å²) in [5.74, 6) is 2.58. The smallest absolute Gasteiger partial charge is 0.246 e. The van der Waals surface area contributed by atoms with Crippen LogP contribution in [0.5, 0.6) is 0 Å². The maximum absolute atomic E-state index is 13.2. The summed E-state index contributed by atoms with van der Waals surface area (Å²) in [5, 5.41) is 3.22. The molecule has 3 aliphatic carbocycles. The van der Waals surface area contributed by atoms with Crippen LogP contribution in [0.2, 0.25) is 0 Å². The molecule has 182 valence electrons. The van der Waals surface area contributed by atoms with Crippen molar-refractivity contribution in [3.05, 3.63) is 12.2 Å². The molecular weight excluding hydrogens is 414 g/mol. The quantitative estimate of drug-likeness (QED) is 0.646. The fourth-order valence-electron chi connectivity index (χ4n) is 8.71. The van der Waals surface area contributed by atoms with Crippen molar-refractivity contribution in [3.63, 3.8) is 0 Å². The van der Waals surface area contributed by atoms with Crippen LogP contribution in [0.1, 0.15) is 71.6 Å². The van der Waals surface area contributed by atoms with Crippen molar-refractivity contribution in [2.75, 3.05) is 26.7 Å². The molecule has 0 bridgehead atoms. The van der Waals surface area contributed by atoms with E-state index in [0.29, 0.717) is 36.8 Å². The summed E-state index contributed by atoms with van der Waals surface area (Å²) >= 11 is 0. The molecule has 3 amide bonds. The lowest BCUT2D eigenvalue weighted by atomic mass is 9.47. The lowest BCUT2D eigenvalue weighted by molar-refractivity contribution is -0.142. The van der Waals surface area contributed by atoms with Gasteiger partial charge in [-0.3, -0.25) is 14.4 Å². The number of carbonyl (C=O) groups excluding carboxylic acids is 3. The van der Waals surface area contributed by atoms with Gasteiger partial charge in [0.1, 0.15) is 0 Å². The fraction of sp³-hybridized carbons (Fsp3) is 0.815. The van der Waals surface area contributed by atoms with Crippen molar-refractivity contribution in [3.8, 4) is 0 Å². The van der Waals surface area contributed by atoms with Crippen LogP contribution in [0.25, 0.3) is 0 Å². The average molecular weight is 456 g/mol. The van der Waals surface area contributed by atoms with Gasteiger partial charge in [-0.05, 0) is 80.6 Å². The first-order chi connectivity index (χ1) is 15.8. The van der Waals surface area contributed by atoms with Gasteiger partial charge in [0.25, 0.3) is 0 Å². The highest BCUT2D eigenvalue weighted by molar-refractivity contribution is 5.89. The van der Waals surface area contributed by atoms with Crippen molar-refractivity contribution < 1.29 is 14.4 Å². The fourth-order valence-corrected chi connectivity index (χ4v) is 8.71. The predicted octanol–water partition coefficient (Wildman–Crippen LogP) is 3.37. The topological polar surface area (TPSA) is 69.7 Å². The molecule has 2 heterocycles. The molecule has 4 fully saturated rings. The van der Waals surface area contributed by atoms with Crippen LogP contribution in [0.4, 0.5) is 0 Å². The molecule has 3 saturated carbocycles. The minimum Gasteiger partial charge on any atom is -0.356 e. The zero-order valence-corrected chi connectivity index (χ0v) is 20.6. The molecule has 1 N–H and O–H groups in total. The first-order valence-corrected chi connectivity index (χ1v) is 13.3. The molecule has 0 aromatic rings. The monoisotopic (exact) mass is 455 g/mol. The molecule has 1 saturated heterocycles. The molecular formula is C27H41N3O3. The van der Waals surface area contributed by atoms with Gasteiger partial charge in [0.2, 0.25) is 17.7 Å². The number of fused-ring (bicyclic) bond motifs is 5. The predicted molar refractivity (Wildman–Crippen MR) is 127 cm³/mol. The van der Waals surface area contributed by atoms with E-state index in [9.17, 15) is 14.4 Å². The number of carbonyl (C=O) groups is 3. The number of hydrogen-bond donors (Lipinski definition) is 1. The number of likely N-dealkylation sites (tertiary alicyclic amines) is 1. The van der Waals surface area contributed by atoms with Crippen molar-refractivity contribution >= 4 is 17.7 Å². The second kappa shape index (κ2) is 8.42. The number of rotatable bonds is 5. The molecule has 33 heavy (non-hydrogen) atoms. The van der Waals surface area contributed by atoms with Crippen LogP contribution in [0.3, 0.4) is 0 Å². The van der Waals surface area contributed by atoms with Crippen molar-refractivity contribution in [2.24, 2.45) is 34.5 Å². The second-order valence-electron chi connectivity index (χ2n) is 11.9. The SMILES string of the molecule is CN1C(=O)C=C[C@]2(C)[C@H]3CC[C@]4(C)[C@@H](C(=O)NCCCN5CCCC5=O)CC[C@H]4[C@@H]3CC[C@@H]12. The lowest BCUT2D eigenvalue weighted by Crippen LogP contribution is -2.59. The molecule has 0 aromatic carbocycles. The highest BCUT2D eigenvalue weighted by Crippen LogP contribution is 2.65. The third-order valence-corrected chi connectivity index (χ3v) is 10.5. The minimum atomic E-state index is 0.0558. The van der Waals surface area contributed by atoms with E-state index < -0.39 is 0 Å². The number of hydrogen-bond acceptors (Lipinski definition) is 3. The Morgan fingerprint density at radius 1 is 1.12 bits per heavy atom. The molecule has 5 aliphatic rings. The van der Waals surface area contributed by atoms with Gasteiger partial charge in [0.05, 0.1) is 0 Å². The largest absolute Gasteiger partial charge is 0.356 e. The highest BCUT2D eigenvalue weighted by atomic mass is 16.2. The average Bonchev–Trinajstić information content (AvgIpc) is 3.36. The van der Waals surface area contributed by atoms with E-state index in [1.54, 1.807) is 6.08 Å². The van der Waals surface area contributed by atoms with E-state index in [0.717, 1.165) is 58.0 Å². The Bertz CT molecular complexity index is 856. The summed E-state index contributed by atoms with van der Waals surface area (Å²) in [5.41, 5.74) is 0.139. The third kappa shape index (κ3) is 3.63. The summed E-state index contributed by atoms with van der Waals surface area (Å²) in [6, 6.07) is 0.309. The maximum Gasteiger partial charge on any atom is 0.246 e. The Hall–Kier alpha value is -1.85. The summed E-state index contributed by atoms with van der Waals surface area (Å²) in [6.07, 6.45) is 13.2. The van der Waals surface area contributed by atoms with Gasteiger partial charge in [-0.15, -0.1) is 0 Å². The van der Waals surface area contributed by atoms with Crippen molar-refractivity contribution in [1.82, 2.24) is 15.1 Å². The van der Waals surface area contributed by atoms with E-state index in [1.807, 2.05) is 16.8 Å². The number of nitrogens with zero attached hydrogens (tertiary/aromatic N) is 2. The van der Waals surface area contributed by atoms with Gasteiger partial charge in [-0.2, -0.15) is 0 Å². The molecule has 5 rings (SSSR count). The Kier molecular flexibility index (Phi) is 5.85. The van der Waals surface area contributed by atoms with Crippen LogP contribution in [-0.4, -0.2) is 60.2 Å². The Morgan fingerprint density at radius 3 is 2.70 bits per heavy atom. The van der Waals surface area contributed by atoms with E-state index in [1.165, 1.54) is 6.42 Å². The van der Waals surface area contributed by atoms with Crippen LogP contribution < -0.4 is 5.32 Å². The molecule has 0 spiro atoms. The first-order valence-electron chi connectivity index (χ1n) is 13.3. The van der Waals surface area contributed by atoms with Crippen LogP contribution >= 0.6 is 0 Å². The van der Waals surface area contributed by atoms with Gasteiger partial charge in [0.15, 0.2) is 0 Å². The number of likely N-dealkylation sites (N-methyl/N-ethyl adjacent to an activating group) is 1. The van der Waals surface area contributed by atoms with Crippen molar-refractivity contribution in [2.45, 2.75) is 77.7 Å². The maximum atomic E-state index is 13.2. The second-order valence-corrected chi connectivity index (χ2v) is 11.9. The number of amides is 3. The molecule has 6 heteroatoms. The summed E-state index contributed by atoms with van der Waals surface area (Å²) in [6.45, 7) is 7.06. The minimum absolute atomic E-state index is 0.0558. The van der Waals surface area contributed by atoms with E-state index in [4.69, 9.17) is 0 Å². The summed E-state index contributed by atoms with van der Waals surface area (Å²) in [7, 11) is 1.97. The number of nitrogens with one attached hydrogen (secondary N) is 1. The van der Waals surface area contributed by atoms with Gasteiger partial charge in [-0.25, -0.2) is 0 Å².